The van der Waals surface area contributed by atoms with Crippen LogP contribution >= 0.6 is 12.4 Å². The SMILES string of the molecule is CCc1nc(C(=O)N2C[C@@H](N)[C@H](c3ccccc3)C2)nn1-c1ccccc1.Cl. The van der Waals surface area contributed by atoms with Gasteiger partial charge in [0.1, 0.15) is 5.82 Å². The summed E-state index contributed by atoms with van der Waals surface area (Å²) in [6.45, 7) is 3.11. The number of hydrogen-bond acceptors (Lipinski definition) is 4. The van der Waals surface area contributed by atoms with E-state index in [1.165, 1.54) is 0 Å². The van der Waals surface area contributed by atoms with Crippen molar-refractivity contribution in [3.05, 3.63) is 77.9 Å². The van der Waals surface area contributed by atoms with Gasteiger partial charge in [-0.1, -0.05) is 55.5 Å². The maximum atomic E-state index is 13.0. The Morgan fingerprint density at radius 2 is 1.71 bits per heavy atom. The molecule has 1 aromatic heterocycles. The topological polar surface area (TPSA) is 77.0 Å². The number of aryl methyl sites for hydroxylation is 1. The monoisotopic (exact) mass is 397 g/mol. The predicted octanol–water partition coefficient (Wildman–Crippen LogP) is 2.82. The largest absolute Gasteiger partial charge is 0.334 e. The fourth-order valence-electron chi connectivity index (χ4n) is 3.63. The molecule has 28 heavy (non-hydrogen) atoms. The molecule has 146 valence electrons. The molecule has 1 fully saturated rings. The highest BCUT2D eigenvalue weighted by atomic mass is 35.5. The third-order valence-electron chi connectivity index (χ3n) is 5.06. The molecule has 0 aliphatic carbocycles. The van der Waals surface area contributed by atoms with E-state index in [4.69, 9.17) is 5.73 Å². The zero-order valence-electron chi connectivity index (χ0n) is 15.7. The molecule has 4 rings (SSSR count). The molecule has 0 bridgehead atoms. The Bertz CT molecular complexity index is 928. The van der Waals surface area contributed by atoms with Crippen molar-refractivity contribution in [2.45, 2.75) is 25.3 Å². The first kappa shape index (κ1) is 20.0. The van der Waals surface area contributed by atoms with Crippen molar-refractivity contribution in [3.8, 4) is 5.69 Å². The molecular formula is C21H24ClN5O. The highest BCUT2D eigenvalue weighted by Crippen LogP contribution is 2.27. The van der Waals surface area contributed by atoms with Gasteiger partial charge in [0.05, 0.1) is 5.69 Å². The van der Waals surface area contributed by atoms with E-state index in [0.29, 0.717) is 19.5 Å². The number of halogens is 1. The number of nitrogens with zero attached hydrogens (tertiary/aromatic N) is 4. The molecule has 2 heterocycles. The van der Waals surface area contributed by atoms with Crippen LogP contribution in [0.25, 0.3) is 5.69 Å². The van der Waals surface area contributed by atoms with Gasteiger partial charge in [-0.05, 0) is 17.7 Å². The van der Waals surface area contributed by atoms with E-state index >= 15 is 0 Å². The highest BCUT2D eigenvalue weighted by molar-refractivity contribution is 5.90. The summed E-state index contributed by atoms with van der Waals surface area (Å²) in [5.41, 5.74) is 8.40. The third-order valence-corrected chi connectivity index (χ3v) is 5.06. The van der Waals surface area contributed by atoms with Crippen LogP contribution in [0.1, 0.15) is 34.8 Å². The van der Waals surface area contributed by atoms with Crippen molar-refractivity contribution in [2.24, 2.45) is 5.73 Å². The average Bonchev–Trinajstić information content (AvgIpc) is 3.32. The molecule has 0 spiro atoms. The zero-order valence-corrected chi connectivity index (χ0v) is 16.5. The van der Waals surface area contributed by atoms with Crippen LogP contribution in [-0.4, -0.2) is 44.7 Å². The number of rotatable bonds is 4. The van der Waals surface area contributed by atoms with Crippen LogP contribution in [0.2, 0.25) is 0 Å². The molecule has 1 aliphatic heterocycles. The first-order valence-electron chi connectivity index (χ1n) is 9.28. The third kappa shape index (κ3) is 3.79. The van der Waals surface area contributed by atoms with E-state index in [1.807, 2.05) is 55.5 Å². The quantitative estimate of drug-likeness (QED) is 0.734. The maximum Gasteiger partial charge on any atom is 0.293 e. The van der Waals surface area contributed by atoms with Crippen molar-refractivity contribution < 1.29 is 4.79 Å². The molecule has 1 aliphatic rings. The summed E-state index contributed by atoms with van der Waals surface area (Å²) in [4.78, 5) is 19.3. The Morgan fingerprint density at radius 1 is 1.07 bits per heavy atom. The van der Waals surface area contributed by atoms with Crippen LogP contribution in [0, 0.1) is 0 Å². The first-order chi connectivity index (χ1) is 13.2. The predicted molar refractivity (Wildman–Crippen MR) is 111 cm³/mol. The molecule has 1 saturated heterocycles. The van der Waals surface area contributed by atoms with Gasteiger partial charge in [0.15, 0.2) is 0 Å². The number of hydrogen-bond donors (Lipinski definition) is 1. The summed E-state index contributed by atoms with van der Waals surface area (Å²) >= 11 is 0. The van der Waals surface area contributed by atoms with E-state index < -0.39 is 0 Å². The minimum absolute atomic E-state index is 0. The molecule has 0 unspecified atom stereocenters. The van der Waals surface area contributed by atoms with E-state index in [0.717, 1.165) is 17.1 Å². The molecule has 0 saturated carbocycles. The summed E-state index contributed by atoms with van der Waals surface area (Å²) in [5, 5.41) is 4.49. The van der Waals surface area contributed by atoms with Gasteiger partial charge in [-0.25, -0.2) is 9.67 Å². The Kier molecular flexibility index (Phi) is 6.11. The van der Waals surface area contributed by atoms with Crippen molar-refractivity contribution in [1.82, 2.24) is 19.7 Å². The Balaban J connectivity index is 0.00000225. The lowest BCUT2D eigenvalue weighted by Crippen LogP contribution is -2.32. The zero-order chi connectivity index (χ0) is 18.8. The van der Waals surface area contributed by atoms with Crippen molar-refractivity contribution in [3.63, 3.8) is 0 Å². The molecule has 2 aromatic carbocycles. The molecule has 7 heteroatoms. The summed E-state index contributed by atoms with van der Waals surface area (Å²) in [6.07, 6.45) is 0.696. The molecule has 2 atom stereocenters. The van der Waals surface area contributed by atoms with E-state index in [2.05, 4.69) is 22.2 Å². The van der Waals surface area contributed by atoms with Gasteiger partial charge in [-0.15, -0.1) is 17.5 Å². The van der Waals surface area contributed by atoms with Crippen LogP contribution in [0.3, 0.4) is 0 Å². The van der Waals surface area contributed by atoms with Crippen molar-refractivity contribution in [1.29, 1.82) is 0 Å². The molecule has 0 radical (unpaired) electrons. The smallest absolute Gasteiger partial charge is 0.293 e. The van der Waals surface area contributed by atoms with Gasteiger partial charge in [-0.3, -0.25) is 4.79 Å². The van der Waals surface area contributed by atoms with Crippen LogP contribution in [-0.2, 0) is 6.42 Å². The van der Waals surface area contributed by atoms with E-state index in [9.17, 15) is 4.79 Å². The molecule has 1 amide bonds. The number of likely N-dealkylation sites (tertiary alicyclic amines) is 1. The van der Waals surface area contributed by atoms with Crippen LogP contribution in [0.4, 0.5) is 0 Å². The second kappa shape index (κ2) is 8.54. The lowest BCUT2D eigenvalue weighted by Gasteiger charge is -2.14. The minimum Gasteiger partial charge on any atom is -0.334 e. The number of aromatic nitrogens is 3. The van der Waals surface area contributed by atoms with Gasteiger partial charge >= 0.3 is 0 Å². The molecule has 6 nitrogen and oxygen atoms in total. The Hall–Kier alpha value is -2.70. The number of amides is 1. The van der Waals surface area contributed by atoms with E-state index in [-0.39, 0.29) is 36.1 Å². The van der Waals surface area contributed by atoms with Gasteiger partial charge < -0.3 is 10.6 Å². The van der Waals surface area contributed by atoms with Crippen molar-refractivity contribution in [2.75, 3.05) is 13.1 Å². The second-order valence-corrected chi connectivity index (χ2v) is 6.84. The summed E-state index contributed by atoms with van der Waals surface area (Å²) < 4.78 is 1.75. The lowest BCUT2D eigenvalue weighted by atomic mass is 9.95. The number of nitrogens with two attached hydrogens (primary N) is 1. The van der Waals surface area contributed by atoms with Crippen molar-refractivity contribution >= 4 is 18.3 Å². The van der Waals surface area contributed by atoms with Crippen LogP contribution < -0.4 is 5.73 Å². The fourth-order valence-corrected chi connectivity index (χ4v) is 3.63. The number of benzene rings is 2. The average molecular weight is 398 g/mol. The van der Waals surface area contributed by atoms with Gasteiger partial charge in [-0.2, -0.15) is 0 Å². The van der Waals surface area contributed by atoms with Gasteiger partial charge in [0.25, 0.3) is 5.91 Å². The normalized spacial score (nSPS) is 18.7. The molecule has 2 N–H and O–H groups in total. The van der Waals surface area contributed by atoms with E-state index in [1.54, 1.807) is 9.58 Å². The maximum absolute atomic E-state index is 13.0. The lowest BCUT2D eigenvalue weighted by molar-refractivity contribution is 0.0777. The Morgan fingerprint density at radius 3 is 2.36 bits per heavy atom. The minimum atomic E-state index is -0.159. The van der Waals surface area contributed by atoms with Gasteiger partial charge in [0, 0.05) is 31.5 Å². The first-order valence-corrected chi connectivity index (χ1v) is 9.28. The Labute approximate surface area is 170 Å². The summed E-state index contributed by atoms with van der Waals surface area (Å²) in [5.74, 6) is 0.981. The number of carbonyl (C=O) groups is 1. The van der Waals surface area contributed by atoms with Crippen LogP contribution in [0.15, 0.2) is 60.7 Å². The summed E-state index contributed by atoms with van der Waals surface area (Å²) in [7, 11) is 0. The number of carbonyl (C=O) groups excluding carboxylic acids is 1. The van der Waals surface area contributed by atoms with Crippen LogP contribution in [0.5, 0.6) is 0 Å². The standard InChI is InChI=1S/C21H23N5O.ClH/c1-2-19-23-20(24-26(19)16-11-7-4-8-12-16)21(27)25-13-17(18(22)14-25)15-9-5-3-6-10-15;/h3-12,17-18H,2,13-14,22H2,1H3;1H/t17-,18+;/m0./s1. The molecular weight excluding hydrogens is 374 g/mol. The second-order valence-electron chi connectivity index (χ2n) is 6.84. The fraction of sp³-hybridized carbons (Fsp3) is 0.286. The highest BCUT2D eigenvalue weighted by Gasteiger charge is 2.35. The van der Waals surface area contributed by atoms with Gasteiger partial charge in [0.2, 0.25) is 5.82 Å². The molecule has 3 aromatic rings. The summed E-state index contributed by atoms with van der Waals surface area (Å²) in [6, 6.07) is 19.8. The number of para-hydroxylation sites is 1.